The van der Waals surface area contributed by atoms with Crippen molar-refractivity contribution in [3.63, 3.8) is 0 Å². The van der Waals surface area contributed by atoms with Crippen molar-refractivity contribution in [1.29, 1.82) is 5.26 Å². The number of nitrogens with one attached hydrogen (secondary N) is 4. The number of aromatic nitrogens is 1. The number of aliphatic hydroxyl groups excluding tert-OH is 1. The molecule has 5 N–H and O–H groups in total. The molecule has 2 fully saturated rings. The molecule has 346 valence electrons. The van der Waals surface area contributed by atoms with Gasteiger partial charge < -0.3 is 40.7 Å². The van der Waals surface area contributed by atoms with Crippen LogP contribution in [0.5, 0.6) is 5.75 Å². The average Bonchev–Trinajstić information content (AvgIpc) is 3.88. The highest BCUT2D eigenvalue weighted by molar-refractivity contribution is 7.13. The Balaban J connectivity index is 0.915. The first kappa shape index (κ1) is 48.9. The summed E-state index contributed by atoms with van der Waals surface area (Å²) in [7, 11) is 0. The van der Waals surface area contributed by atoms with Gasteiger partial charge in [-0.05, 0) is 66.3 Å². The summed E-state index contributed by atoms with van der Waals surface area (Å²) in [6, 6.07) is 20.1. The summed E-state index contributed by atoms with van der Waals surface area (Å²) in [6.45, 7) is 16.5. The Hall–Kier alpha value is -5.53. The average molecular weight is 927 g/mol. The molecule has 4 aromatic rings. The first-order chi connectivity index (χ1) is 30.7. The minimum absolute atomic E-state index is 0.0192. The number of nitrogens with zero attached hydrogens (tertiary/aromatic N) is 3. The van der Waals surface area contributed by atoms with E-state index in [0.717, 1.165) is 27.4 Å². The molecular weight excluding hydrogens is 866 g/mol. The van der Waals surface area contributed by atoms with Gasteiger partial charge in [0.25, 0.3) is 5.91 Å². The maximum atomic E-state index is 14.0. The van der Waals surface area contributed by atoms with Crippen LogP contribution in [-0.4, -0.2) is 95.3 Å². The number of aryl methyl sites for hydroxylation is 1. The van der Waals surface area contributed by atoms with Gasteiger partial charge in [-0.3, -0.25) is 19.2 Å². The molecule has 0 unspecified atom stereocenters. The molecular formula is C49H60ClN7O7S. The van der Waals surface area contributed by atoms with Gasteiger partial charge in [-0.15, -0.1) is 11.3 Å². The van der Waals surface area contributed by atoms with E-state index in [2.05, 4.69) is 60.0 Å². The second-order valence-corrected chi connectivity index (χ2v) is 20.4. The van der Waals surface area contributed by atoms with Crippen molar-refractivity contribution in [2.45, 2.75) is 105 Å². The van der Waals surface area contributed by atoms with E-state index in [9.17, 15) is 29.5 Å². The number of anilines is 1. The monoisotopic (exact) mass is 925 g/mol. The second-order valence-electron chi connectivity index (χ2n) is 19.2. The molecule has 65 heavy (non-hydrogen) atoms. The Morgan fingerprint density at radius 3 is 2.34 bits per heavy atom. The number of thiazole rings is 1. The first-order valence-electron chi connectivity index (χ1n) is 21.8. The van der Waals surface area contributed by atoms with Crippen molar-refractivity contribution in [2.75, 3.05) is 31.6 Å². The molecule has 0 bridgehead atoms. The number of aliphatic hydroxyl groups is 1. The number of β-amino-alcohol motifs (C(OH)–C–C–N with tert-alkyl or cyclic N) is 1. The van der Waals surface area contributed by atoms with Crippen LogP contribution in [-0.2, 0) is 25.7 Å². The summed E-state index contributed by atoms with van der Waals surface area (Å²) in [5, 5.41) is 32.4. The summed E-state index contributed by atoms with van der Waals surface area (Å²) in [5.74, 6) is -0.906. The van der Waals surface area contributed by atoms with Gasteiger partial charge >= 0.3 is 0 Å². The van der Waals surface area contributed by atoms with E-state index in [0.29, 0.717) is 34.9 Å². The lowest BCUT2D eigenvalue weighted by molar-refractivity contribution is -0.164. The molecule has 1 aliphatic heterocycles. The van der Waals surface area contributed by atoms with Crippen molar-refractivity contribution in [1.82, 2.24) is 25.8 Å². The number of halogens is 1. The number of hydrogen-bond donors (Lipinski definition) is 5. The van der Waals surface area contributed by atoms with E-state index in [1.54, 1.807) is 41.7 Å². The van der Waals surface area contributed by atoms with Crippen LogP contribution in [0.25, 0.3) is 10.4 Å². The lowest BCUT2D eigenvalue weighted by Gasteiger charge is -2.63. The molecule has 0 radical (unpaired) electrons. The van der Waals surface area contributed by atoms with Gasteiger partial charge in [0.05, 0.1) is 32.8 Å². The first-order valence-corrected chi connectivity index (χ1v) is 23.1. The van der Waals surface area contributed by atoms with Crippen molar-refractivity contribution in [3.05, 3.63) is 99.6 Å². The highest BCUT2D eigenvalue weighted by Crippen LogP contribution is 2.55. The number of likely N-dealkylation sites (tertiary alicyclic amines) is 1. The molecule has 1 saturated heterocycles. The summed E-state index contributed by atoms with van der Waals surface area (Å²) in [4.78, 5) is 60.7. The van der Waals surface area contributed by atoms with E-state index in [1.807, 2.05) is 69.6 Å². The Morgan fingerprint density at radius 1 is 1.03 bits per heavy atom. The van der Waals surface area contributed by atoms with Gasteiger partial charge in [0.2, 0.25) is 17.7 Å². The molecule has 4 amide bonds. The van der Waals surface area contributed by atoms with Gasteiger partial charge in [0.15, 0.2) is 0 Å². The zero-order valence-electron chi connectivity index (χ0n) is 38.3. The van der Waals surface area contributed by atoms with Crippen LogP contribution in [0.15, 0.2) is 72.2 Å². The third-order valence-electron chi connectivity index (χ3n) is 12.3. The predicted octanol–water partition coefficient (Wildman–Crippen LogP) is 6.88. The van der Waals surface area contributed by atoms with Crippen LogP contribution in [0.2, 0.25) is 5.02 Å². The predicted molar refractivity (Wildman–Crippen MR) is 251 cm³/mol. The minimum Gasteiger partial charge on any atom is -0.489 e. The number of hydrogen-bond acceptors (Lipinski definition) is 11. The number of rotatable bonds is 17. The van der Waals surface area contributed by atoms with Gasteiger partial charge in [0.1, 0.15) is 36.6 Å². The number of ether oxygens (including phenoxy) is 2. The van der Waals surface area contributed by atoms with Crippen molar-refractivity contribution >= 4 is 52.3 Å². The van der Waals surface area contributed by atoms with E-state index in [4.69, 9.17) is 21.1 Å². The summed E-state index contributed by atoms with van der Waals surface area (Å²) < 4.78 is 12.0. The lowest BCUT2D eigenvalue weighted by Crippen LogP contribution is -2.74. The molecule has 1 aliphatic carbocycles. The number of carbonyl (C=O) groups excluding carboxylic acids is 4. The van der Waals surface area contributed by atoms with Gasteiger partial charge in [-0.2, -0.15) is 5.26 Å². The topological polar surface area (TPSA) is 195 Å². The second kappa shape index (κ2) is 20.3. The quantitative estimate of drug-likeness (QED) is 0.0697. The Kier molecular flexibility index (Phi) is 15.3. The smallest absolute Gasteiger partial charge is 0.251 e. The number of benzene rings is 3. The fraction of sp³-hybridized carbons (Fsp3) is 0.469. The number of amides is 4. The van der Waals surface area contributed by atoms with E-state index < -0.39 is 46.2 Å². The SMILES string of the molecule is Cc1ncsc1-c1ccc(CNC(=O)[C@@H]2C[C@@H](O)CN2C(=O)[C@@H](NC(=O)COCCCNc2ccc(C(=O)N[C@H]3C(C)(C)[C@H](Oc4ccc(C#N)c(Cl)c4)C3(C)C)cc2)C(C)(C)C)cc1. The molecule has 16 heteroatoms. The van der Waals surface area contributed by atoms with Crippen LogP contribution >= 0.6 is 22.9 Å². The number of nitriles is 1. The highest BCUT2D eigenvalue weighted by atomic mass is 35.5. The summed E-state index contributed by atoms with van der Waals surface area (Å²) >= 11 is 7.80. The summed E-state index contributed by atoms with van der Waals surface area (Å²) in [5.41, 5.74) is 4.94. The van der Waals surface area contributed by atoms with E-state index in [1.165, 1.54) is 4.90 Å². The van der Waals surface area contributed by atoms with E-state index in [-0.39, 0.29) is 56.7 Å². The summed E-state index contributed by atoms with van der Waals surface area (Å²) in [6.07, 6.45) is -0.417. The molecule has 2 heterocycles. The van der Waals surface area contributed by atoms with Crippen LogP contribution in [0.3, 0.4) is 0 Å². The third kappa shape index (κ3) is 11.5. The van der Waals surface area contributed by atoms with Crippen LogP contribution in [0, 0.1) is 34.5 Å². The number of carbonyl (C=O) groups is 4. The van der Waals surface area contributed by atoms with Gasteiger partial charge in [0, 0.05) is 66.9 Å². The Labute approximate surface area is 390 Å². The maximum absolute atomic E-state index is 14.0. The molecule has 3 aromatic carbocycles. The fourth-order valence-corrected chi connectivity index (χ4v) is 10.1. The molecule has 1 saturated carbocycles. The molecule has 3 atom stereocenters. The lowest BCUT2D eigenvalue weighted by atomic mass is 9.49. The largest absolute Gasteiger partial charge is 0.489 e. The Bertz CT molecular complexity index is 2370. The van der Waals surface area contributed by atoms with Crippen LogP contribution in [0.4, 0.5) is 5.69 Å². The highest BCUT2D eigenvalue weighted by Gasteiger charge is 2.64. The molecule has 0 spiro atoms. The van der Waals surface area contributed by atoms with Crippen LogP contribution < -0.4 is 26.0 Å². The van der Waals surface area contributed by atoms with Crippen molar-refractivity contribution in [3.8, 4) is 22.3 Å². The molecule has 14 nitrogen and oxygen atoms in total. The minimum atomic E-state index is -0.966. The molecule has 6 rings (SSSR count). The zero-order valence-corrected chi connectivity index (χ0v) is 39.9. The van der Waals surface area contributed by atoms with Crippen LogP contribution in [0.1, 0.15) is 88.5 Å². The van der Waals surface area contributed by atoms with E-state index >= 15 is 0 Å². The fourth-order valence-electron chi connectivity index (χ4n) is 9.10. The van der Waals surface area contributed by atoms with Gasteiger partial charge in [-0.1, -0.05) is 84.3 Å². The molecule has 2 aliphatic rings. The van der Waals surface area contributed by atoms with Crippen molar-refractivity contribution < 1.29 is 33.8 Å². The molecule has 1 aromatic heterocycles. The third-order valence-corrected chi connectivity index (χ3v) is 13.6. The normalized spacial score (nSPS) is 20.2. The van der Waals surface area contributed by atoms with Gasteiger partial charge in [-0.25, -0.2) is 4.98 Å². The maximum Gasteiger partial charge on any atom is 0.251 e. The van der Waals surface area contributed by atoms with Crippen molar-refractivity contribution in [2.24, 2.45) is 16.2 Å². The zero-order chi connectivity index (χ0) is 47.3. The Morgan fingerprint density at radius 2 is 1.72 bits per heavy atom. The standard InChI is InChI=1S/C49H60ClN7O7S/c1-29-40(65-28-54-29)31-12-10-30(11-13-31)25-53-43(61)38-22-35(58)26-57(38)44(62)41(47(2,3)4)55-39(59)27-63-21-9-20-52-34-17-14-32(15-18-34)42(60)56-45-48(5,6)46(49(45,7)8)64-36-19-16-33(24-51)37(50)23-36/h10-19,23,28,35,38,41,45-46,52,58H,9,20-22,25-27H2,1-8H3,(H,53,61)(H,55,59)(H,56,60)/t35-,38+,41-,45-,46-/m1/s1.